The quantitative estimate of drug-likeness (QED) is 0.688. The fourth-order valence-corrected chi connectivity index (χ4v) is 1.60. The average molecular weight is 253 g/mol. The van der Waals surface area contributed by atoms with Crippen LogP contribution in [0.5, 0.6) is 0 Å². The lowest BCUT2D eigenvalue weighted by molar-refractivity contribution is -0.137. The van der Waals surface area contributed by atoms with Crippen LogP contribution in [0.1, 0.15) is 22.9 Å². The fourth-order valence-electron chi connectivity index (χ4n) is 1.60. The van der Waals surface area contributed by atoms with E-state index in [1.165, 1.54) is 0 Å². The first kappa shape index (κ1) is 12.6. The van der Waals surface area contributed by atoms with Crippen molar-refractivity contribution in [1.82, 2.24) is 0 Å². The van der Waals surface area contributed by atoms with Gasteiger partial charge in [-0.05, 0) is 29.3 Å². The molecule has 1 radical (unpaired) electrons. The van der Waals surface area contributed by atoms with E-state index in [1.54, 1.807) is 24.3 Å². The molecule has 2 aromatic rings. The van der Waals surface area contributed by atoms with E-state index in [9.17, 15) is 17.6 Å². The molecule has 0 nitrogen and oxygen atoms in total. The van der Waals surface area contributed by atoms with Gasteiger partial charge in [0.05, 0.1) is 5.56 Å². The third-order valence-corrected chi connectivity index (χ3v) is 2.57. The largest absolute Gasteiger partial charge is 0.416 e. The molecular formula is C14H9F4. The van der Waals surface area contributed by atoms with Gasteiger partial charge in [0, 0.05) is 0 Å². The zero-order chi connectivity index (χ0) is 13.2. The zero-order valence-electron chi connectivity index (χ0n) is 9.21. The average Bonchev–Trinajstić information content (AvgIpc) is 2.38. The van der Waals surface area contributed by atoms with Crippen LogP contribution in [0.3, 0.4) is 0 Å². The highest BCUT2D eigenvalue weighted by atomic mass is 19.4. The third kappa shape index (κ3) is 2.70. The monoisotopic (exact) mass is 253 g/mol. The summed E-state index contributed by atoms with van der Waals surface area (Å²) in [6.07, 6.45) is -5.83. The van der Waals surface area contributed by atoms with Crippen molar-refractivity contribution >= 4 is 0 Å². The molecule has 2 aromatic carbocycles. The number of hydrogen-bond acceptors (Lipinski definition) is 0. The minimum atomic E-state index is -4.40. The number of halogens is 4. The normalized spacial score (nSPS) is 13.3. The molecule has 0 amide bonds. The summed E-state index contributed by atoms with van der Waals surface area (Å²) < 4.78 is 51.0. The minimum absolute atomic E-state index is 0.203. The molecule has 0 N–H and O–H groups in total. The second-order valence-corrected chi connectivity index (χ2v) is 3.82. The van der Waals surface area contributed by atoms with Gasteiger partial charge in [-0.1, -0.05) is 36.4 Å². The Labute approximate surface area is 102 Å². The highest BCUT2D eigenvalue weighted by molar-refractivity contribution is 5.32. The van der Waals surface area contributed by atoms with E-state index < -0.39 is 17.9 Å². The number of benzene rings is 2. The van der Waals surface area contributed by atoms with Gasteiger partial charge in [0.1, 0.15) is 0 Å². The van der Waals surface area contributed by atoms with E-state index >= 15 is 0 Å². The summed E-state index contributed by atoms with van der Waals surface area (Å²) in [6, 6.07) is 13.0. The predicted molar refractivity (Wildman–Crippen MR) is 59.7 cm³/mol. The molecule has 18 heavy (non-hydrogen) atoms. The van der Waals surface area contributed by atoms with Gasteiger partial charge in [-0.25, -0.2) is 4.39 Å². The Morgan fingerprint density at radius 3 is 1.83 bits per heavy atom. The van der Waals surface area contributed by atoms with Gasteiger partial charge in [-0.15, -0.1) is 0 Å². The van der Waals surface area contributed by atoms with Crippen LogP contribution in [0.25, 0.3) is 0 Å². The summed E-state index contributed by atoms with van der Waals surface area (Å²) in [5.74, 6) is 0. The second kappa shape index (κ2) is 4.80. The SMILES string of the molecule is FC(c1cc[c]cc1)c1ccc(C(F)(F)F)cc1. The van der Waals surface area contributed by atoms with Crippen LogP contribution in [0.15, 0.2) is 48.5 Å². The lowest BCUT2D eigenvalue weighted by Gasteiger charge is -2.11. The van der Waals surface area contributed by atoms with Crippen LogP contribution >= 0.6 is 0 Å². The van der Waals surface area contributed by atoms with Gasteiger partial charge in [0.15, 0.2) is 6.17 Å². The summed E-state index contributed by atoms with van der Waals surface area (Å²) in [4.78, 5) is 0. The molecule has 1 unspecified atom stereocenters. The van der Waals surface area contributed by atoms with Crippen LogP contribution in [0, 0.1) is 6.07 Å². The molecule has 0 aromatic heterocycles. The molecule has 1 atom stereocenters. The van der Waals surface area contributed by atoms with Crippen molar-refractivity contribution in [2.24, 2.45) is 0 Å². The molecule has 2 rings (SSSR count). The topological polar surface area (TPSA) is 0 Å². The Bertz CT molecular complexity index is 500. The number of hydrogen-bond donors (Lipinski definition) is 0. The molecular weight excluding hydrogens is 244 g/mol. The zero-order valence-corrected chi connectivity index (χ0v) is 9.21. The molecule has 0 spiro atoms. The number of rotatable bonds is 2. The standard InChI is InChI=1S/C14H9F4/c15-13(10-4-2-1-3-5-10)11-6-8-12(9-7-11)14(16,17)18/h2-9,13H. The van der Waals surface area contributed by atoms with Crippen LogP contribution in [0.4, 0.5) is 17.6 Å². The van der Waals surface area contributed by atoms with Crippen molar-refractivity contribution in [2.75, 3.05) is 0 Å². The summed E-state index contributed by atoms with van der Waals surface area (Å²) >= 11 is 0. The molecule has 0 aliphatic heterocycles. The summed E-state index contributed by atoms with van der Waals surface area (Å²) in [5.41, 5.74) is -0.178. The van der Waals surface area contributed by atoms with Crippen molar-refractivity contribution in [3.05, 3.63) is 71.3 Å². The predicted octanol–water partition coefficient (Wildman–Crippen LogP) is 4.56. The molecule has 0 saturated heterocycles. The van der Waals surface area contributed by atoms with Crippen LogP contribution in [-0.2, 0) is 6.18 Å². The minimum Gasteiger partial charge on any atom is -0.237 e. The molecule has 4 heteroatoms. The van der Waals surface area contributed by atoms with Crippen LogP contribution < -0.4 is 0 Å². The lowest BCUT2D eigenvalue weighted by atomic mass is 10.0. The molecule has 0 heterocycles. The summed E-state index contributed by atoms with van der Waals surface area (Å²) in [5, 5.41) is 0. The highest BCUT2D eigenvalue weighted by Crippen LogP contribution is 2.32. The van der Waals surface area contributed by atoms with E-state index in [0.717, 1.165) is 24.3 Å². The van der Waals surface area contributed by atoms with Crippen molar-refractivity contribution in [1.29, 1.82) is 0 Å². The molecule has 0 aliphatic rings. The maximum Gasteiger partial charge on any atom is 0.416 e. The first-order valence-corrected chi connectivity index (χ1v) is 5.26. The van der Waals surface area contributed by atoms with Gasteiger partial charge in [0.2, 0.25) is 0 Å². The van der Waals surface area contributed by atoms with Crippen molar-refractivity contribution in [3.8, 4) is 0 Å². The maximum absolute atomic E-state index is 14.0. The third-order valence-electron chi connectivity index (χ3n) is 2.57. The first-order chi connectivity index (χ1) is 8.48. The second-order valence-electron chi connectivity index (χ2n) is 3.82. The number of alkyl halides is 4. The smallest absolute Gasteiger partial charge is 0.237 e. The maximum atomic E-state index is 14.0. The van der Waals surface area contributed by atoms with Crippen molar-refractivity contribution in [2.45, 2.75) is 12.3 Å². The molecule has 0 saturated carbocycles. The van der Waals surface area contributed by atoms with Gasteiger partial charge in [-0.2, -0.15) is 13.2 Å². The molecule has 0 fully saturated rings. The van der Waals surface area contributed by atoms with Crippen molar-refractivity contribution < 1.29 is 17.6 Å². The Kier molecular flexibility index (Phi) is 3.36. The van der Waals surface area contributed by atoms with Gasteiger partial charge in [0.25, 0.3) is 0 Å². The van der Waals surface area contributed by atoms with E-state index in [0.29, 0.717) is 5.56 Å². The molecule has 93 valence electrons. The van der Waals surface area contributed by atoms with Crippen LogP contribution in [0.2, 0.25) is 0 Å². The lowest BCUT2D eigenvalue weighted by Crippen LogP contribution is -2.05. The summed E-state index contributed by atoms with van der Waals surface area (Å²) in [6.45, 7) is 0. The van der Waals surface area contributed by atoms with Gasteiger partial charge < -0.3 is 0 Å². The Hall–Kier alpha value is -1.84. The first-order valence-electron chi connectivity index (χ1n) is 5.26. The van der Waals surface area contributed by atoms with Crippen molar-refractivity contribution in [3.63, 3.8) is 0 Å². The summed E-state index contributed by atoms with van der Waals surface area (Å²) in [7, 11) is 0. The van der Waals surface area contributed by atoms with E-state index in [4.69, 9.17) is 0 Å². The molecule has 0 aliphatic carbocycles. The molecule has 0 bridgehead atoms. The highest BCUT2D eigenvalue weighted by Gasteiger charge is 2.30. The van der Waals surface area contributed by atoms with E-state index in [-0.39, 0.29) is 5.56 Å². The Morgan fingerprint density at radius 2 is 1.33 bits per heavy atom. The Morgan fingerprint density at radius 1 is 0.833 bits per heavy atom. The van der Waals surface area contributed by atoms with E-state index in [1.807, 2.05) is 0 Å². The van der Waals surface area contributed by atoms with Crippen LogP contribution in [-0.4, -0.2) is 0 Å². The van der Waals surface area contributed by atoms with Gasteiger partial charge in [-0.3, -0.25) is 0 Å². The van der Waals surface area contributed by atoms with E-state index in [2.05, 4.69) is 6.07 Å². The van der Waals surface area contributed by atoms with Gasteiger partial charge >= 0.3 is 6.18 Å². The Balaban J connectivity index is 2.25. The fraction of sp³-hybridized carbons (Fsp3) is 0.143.